The molecule has 0 saturated carbocycles. The minimum atomic E-state index is -0.460. The maximum atomic E-state index is 11.9. The summed E-state index contributed by atoms with van der Waals surface area (Å²) in [5.74, 6) is -0.108. The molecule has 2 N–H and O–H groups in total. The van der Waals surface area contributed by atoms with E-state index in [1.54, 1.807) is 7.05 Å². The van der Waals surface area contributed by atoms with Crippen LogP contribution in [0.3, 0.4) is 0 Å². The molecular weight excluding hydrogens is 260 g/mol. The zero-order valence-corrected chi connectivity index (χ0v) is 10.5. The Bertz CT molecular complexity index is 330. The molecule has 0 bridgehead atoms. The number of aromatic nitrogens is 3. The number of carbonyl (C=O) groups excluding carboxylic acids is 1. The Morgan fingerprint density at radius 2 is 2.33 bits per heavy atom. The Kier molecular flexibility index (Phi) is 4.41. The van der Waals surface area contributed by atoms with Gasteiger partial charge in [0.1, 0.15) is 5.69 Å². The molecular formula is C9H15BrN4O. The molecule has 0 aliphatic carbocycles. The van der Waals surface area contributed by atoms with Gasteiger partial charge in [0, 0.05) is 7.05 Å². The van der Waals surface area contributed by atoms with E-state index in [2.05, 4.69) is 33.2 Å². The average Bonchev–Trinajstić information content (AvgIpc) is 2.54. The van der Waals surface area contributed by atoms with Crippen molar-refractivity contribution in [1.29, 1.82) is 0 Å². The van der Waals surface area contributed by atoms with Gasteiger partial charge in [0.15, 0.2) is 10.4 Å². The third-order valence-corrected chi connectivity index (χ3v) is 2.76. The summed E-state index contributed by atoms with van der Waals surface area (Å²) in [6.07, 6.45) is 2.69. The van der Waals surface area contributed by atoms with Crippen LogP contribution in [0.15, 0.2) is 4.60 Å². The Morgan fingerprint density at radius 1 is 1.67 bits per heavy atom. The van der Waals surface area contributed by atoms with Crippen LogP contribution in [0.1, 0.15) is 36.7 Å². The highest BCUT2D eigenvalue weighted by atomic mass is 79.9. The largest absolute Gasteiger partial charge is 0.321 e. The van der Waals surface area contributed by atoms with Gasteiger partial charge in [-0.3, -0.25) is 4.79 Å². The molecule has 0 aliphatic heterocycles. The molecule has 1 unspecified atom stereocenters. The van der Waals surface area contributed by atoms with Crippen LogP contribution in [0.25, 0.3) is 0 Å². The summed E-state index contributed by atoms with van der Waals surface area (Å²) in [7, 11) is 1.68. The summed E-state index contributed by atoms with van der Waals surface area (Å²) in [5.41, 5.74) is 6.24. The van der Waals surface area contributed by atoms with E-state index in [-0.39, 0.29) is 5.78 Å². The molecule has 1 aromatic rings. The lowest BCUT2D eigenvalue weighted by atomic mass is 10.0. The molecule has 1 atom stereocenters. The fourth-order valence-corrected chi connectivity index (χ4v) is 1.85. The van der Waals surface area contributed by atoms with E-state index in [9.17, 15) is 4.79 Å². The van der Waals surface area contributed by atoms with Gasteiger partial charge >= 0.3 is 0 Å². The minimum Gasteiger partial charge on any atom is -0.321 e. The molecule has 15 heavy (non-hydrogen) atoms. The first-order chi connectivity index (χ1) is 7.07. The Morgan fingerprint density at radius 3 is 2.80 bits per heavy atom. The summed E-state index contributed by atoms with van der Waals surface area (Å²) < 4.78 is 1.90. The standard InChI is InChI=1S/C9H15BrN4O/c1-3-4-5-6(11)8(15)7-9(10)12-13-14(7)2/h6H,3-5,11H2,1-2H3. The summed E-state index contributed by atoms with van der Waals surface area (Å²) in [6, 6.07) is -0.460. The van der Waals surface area contributed by atoms with Crippen molar-refractivity contribution >= 4 is 21.7 Å². The van der Waals surface area contributed by atoms with Gasteiger partial charge in [-0.1, -0.05) is 25.0 Å². The lowest BCUT2D eigenvalue weighted by Crippen LogP contribution is -2.32. The molecule has 0 aromatic carbocycles. The molecule has 1 rings (SSSR count). The fourth-order valence-electron chi connectivity index (χ4n) is 1.32. The number of nitrogens with zero attached hydrogens (tertiary/aromatic N) is 3. The van der Waals surface area contributed by atoms with Gasteiger partial charge in [-0.2, -0.15) is 0 Å². The van der Waals surface area contributed by atoms with Crippen LogP contribution in [0.2, 0.25) is 0 Å². The topological polar surface area (TPSA) is 73.8 Å². The van der Waals surface area contributed by atoms with Crippen LogP contribution >= 0.6 is 15.9 Å². The van der Waals surface area contributed by atoms with Crippen LogP contribution in [-0.2, 0) is 7.05 Å². The van der Waals surface area contributed by atoms with Crippen molar-refractivity contribution in [2.45, 2.75) is 32.2 Å². The van der Waals surface area contributed by atoms with Crippen molar-refractivity contribution in [3.8, 4) is 0 Å². The summed E-state index contributed by atoms with van der Waals surface area (Å²) in [5, 5.41) is 7.50. The summed E-state index contributed by atoms with van der Waals surface area (Å²) >= 11 is 3.18. The van der Waals surface area contributed by atoms with E-state index in [1.807, 2.05) is 0 Å². The van der Waals surface area contributed by atoms with Crippen LogP contribution in [-0.4, -0.2) is 26.8 Å². The first-order valence-electron chi connectivity index (χ1n) is 4.92. The lowest BCUT2D eigenvalue weighted by Gasteiger charge is -2.09. The number of aryl methyl sites for hydroxylation is 1. The second kappa shape index (κ2) is 5.37. The fraction of sp³-hybridized carbons (Fsp3) is 0.667. The molecule has 0 saturated heterocycles. The van der Waals surface area contributed by atoms with E-state index in [0.29, 0.717) is 16.7 Å². The van der Waals surface area contributed by atoms with E-state index >= 15 is 0 Å². The number of nitrogens with two attached hydrogens (primary N) is 1. The molecule has 6 heteroatoms. The molecule has 0 fully saturated rings. The van der Waals surface area contributed by atoms with Gasteiger partial charge < -0.3 is 5.73 Å². The molecule has 0 amide bonds. The van der Waals surface area contributed by atoms with Gasteiger partial charge in [-0.25, -0.2) is 4.68 Å². The molecule has 0 spiro atoms. The summed E-state index contributed by atoms with van der Waals surface area (Å²) in [4.78, 5) is 11.9. The number of carbonyl (C=O) groups is 1. The molecule has 0 radical (unpaired) electrons. The molecule has 1 heterocycles. The number of rotatable bonds is 5. The Balaban J connectivity index is 2.76. The number of hydrogen-bond acceptors (Lipinski definition) is 4. The SMILES string of the molecule is CCCCC(N)C(=O)c1c(Br)nnn1C. The highest BCUT2D eigenvalue weighted by Gasteiger charge is 2.22. The molecule has 84 valence electrons. The Labute approximate surface area is 97.2 Å². The summed E-state index contributed by atoms with van der Waals surface area (Å²) in [6.45, 7) is 2.07. The van der Waals surface area contributed by atoms with Gasteiger partial charge in [0.2, 0.25) is 0 Å². The van der Waals surface area contributed by atoms with Crippen molar-refractivity contribution in [2.75, 3.05) is 0 Å². The maximum absolute atomic E-state index is 11.9. The normalized spacial score (nSPS) is 12.8. The van der Waals surface area contributed by atoms with Crippen LogP contribution in [0.4, 0.5) is 0 Å². The number of ketones is 1. The second-order valence-corrected chi connectivity index (χ2v) is 4.22. The monoisotopic (exact) mass is 274 g/mol. The van der Waals surface area contributed by atoms with Gasteiger partial charge in [-0.05, 0) is 22.4 Å². The molecule has 1 aromatic heterocycles. The van der Waals surface area contributed by atoms with Crippen molar-refractivity contribution < 1.29 is 4.79 Å². The molecule has 5 nitrogen and oxygen atoms in total. The lowest BCUT2D eigenvalue weighted by molar-refractivity contribution is 0.0946. The number of hydrogen-bond donors (Lipinski definition) is 1. The zero-order valence-electron chi connectivity index (χ0n) is 8.90. The van der Waals surface area contributed by atoms with Gasteiger partial charge in [0.05, 0.1) is 6.04 Å². The highest BCUT2D eigenvalue weighted by Crippen LogP contribution is 2.15. The van der Waals surface area contributed by atoms with Crippen molar-refractivity contribution in [3.63, 3.8) is 0 Å². The third-order valence-electron chi connectivity index (χ3n) is 2.22. The van der Waals surface area contributed by atoms with Gasteiger partial charge in [0.25, 0.3) is 0 Å². The van der Waals surface area contributed by atoms with Crippen LogP contribution < -0.4 is 5.73 Å². The first kappa shape index (κ1) is 12.3. The Hall–Kier alpha value is -0.750. The van der Waals surface area contributed by atoms with E-state index < -0.39 is 6.04 Å². The number of halogens is 1. The van der Waals surface area contributed by atoms with E-state index in [1.165, 1.54) is 4.68 Å². The van der Waals surface area contributed by atoms with Crippen molar-refractivity contribution in [2.24, 2.45) is 12.8 Å². The predicted octanol–water partition coefficient (Wildman–Crippen LogP) is 1.28. The predicted molar refractivity (Wildman–Crippen MR) is 60.5 cm³/mol. The minimum absolute atomic E-state index is 0.108. The smallest absolute Gasteiger partial charge is 0.200 e. The quantitative estimate of drug-likeness (QED) is 0.821. The first-order valence-corrected chi connectivity index (χ1v) is 5.72. The second-order valence-electron chi connectivity index (χ2n) is 3.47. The van der Waals surface area contributed by atoms with Crippen LogP contribution in [0, 0.1) is 0 Å². The molecule has 0 aliphatic rings. The highest BCUT2D eigenvalue weighted by molar-refractivity contribution is 9.10. The number of Topliss-reactive ketones (excluding diaryl/α,β-unsaturated/α-hetero) is 1. The third kappa shape index (κ3) is 2.85. The van der Waals surface area contributed by atoms with Crippen LogP contribution in [0.5, 0.6) is 0 Å². The van der Waals surface area contributed by atoms with Crippen molar-refractivity contribution in [1.82, 2.24) is 15.0 Å². The van der Waals surface area contributed by atoms with Crippen molar-refractivity contribution in [3.05, 3.63) is 10.3 Å². The van der Waals surface area contributed by atoms with Gasteiger partial charge in [-0.15, -0.1) is 5.10 Å². The number of unbranched alkanes of at least 4 members (excludes halogenated alkanes) is 1. The average molecular weight is 275 g/mol. The van der Waals surface area contributed by atoms with E-state index in [0.717, 1.165) is 12.8 Å². The zero-order chi connectivity index (χ0) is 11.4. The van der Waals surface area contributed by atoms with E-state index in [4.69, 9.17) is 5.73 Å². The maximum Gasteiger partial charge on any atom is 0.200 e.